The van der Waals surface area contributed by atoms with Gasteiger partial charge in [0.1, 0.15) is 0 Å². The number of hydrogen-bond acceptors (Lipinski definition) is 2. The minimum Gasteiger partial charge on any atom is -0.216 e. The Labute approximate surface area is 86.6 Å². The number of nitrogens with two attached hydrogens (primary N) is 1. The molecule has 84 valence electrons. The Morgan fingerprint density at radius 2 is 2.00 bits per heavy atom. The lowest BCUT2D eigenvalue weighted by Crippen LogP contribution is -2.41. The van der Waals surface area contributed by atoms with Crippen LogP contribution >= 0.6 is 0 Å². The average Bonchev–Trinajstić information content (AvgIpc) is 2.29. The fourth-order valence-corrected chi connectivity index (χ4v) is 3.03. The quantitative estimate of drug-likeness (QED) is 0.757. The molecule has 0 saturated carbocycles. The van der Waals surface area contributed by atoms with Gasteiger partial charge in [-0.25, -0.2) is 5.14 Å². The monoisotopic (exact) mass is 220 g/mol. The lowest BCUT2D eigenvalue weighted by atomic mass is 9.88. The number of nitrogens with zero attached hydrogens (tertiary/aromatic N) is 1. The van der Waals surface area contributed by atoms with Crippen LogP contribution in [0.4, 0.5) is 0 Å². The Balaban J connectivity index is 2.71. The van der Waals surface area contributed by atoms with Gasteiger partial charge in [-0.1, -0.05) is 20.8 Å². The van der Waals surface area contributed by atoms with Crippen LogP contribution in [0.5, 0.6) is 0 Å². The van der Waals surface area contributed by atoms with Gasteiger partial charge in [-0.2, -0.15) is 12.7 Å². The normalized spacial score (nSPS) is 25.6. The summed E-state index contributed by atoms with van der Waals surface area (Å²) in [6.07, 6.45) is 2.74. The highest BCUT2D eigenvalue weighted by Gasteiger charge is 2.34. The molecule has 0 aromatic carbocycles. The van der Waals surface area contributed by atoms with Crippen molar-refractivity contribution in [3.63, 3.8) is 0 Å². The predicted molar refractivity (Wildman–Crippen MR) is 56.9 cm³/mol. The smallest absolute Gasteiger partial charge is 0.216 e. The van der Waals surface area contributed by atoms with Crippen molar-refractivity contribution in [2.45, 2.75) is 46.1 Å². The van der Waals surface area contributed by atoms with E-state index < -0.39 is 10.2 Å². The molecule has 0 aliphatic carbocycles. The largest absolute Gasteiger partial charge is 0.277 e. The zero-order valence-electron chi connectivity index (χ0n) is 9.16. The molecule has 0 spiro atoms. The molecule has 2 N–H and O–H groups in total. The first kappa shape index (κ1) is 11.9. The summed E-state index contributed by atoms with van der Waals surface area (Å²) < 4.78 is 23.9. The van der Waals surface area contributed by atoms with Crippen LogP contribution in [0, 0.1) is 5.41 Å². The van der Waals surface area contributed by atoms with E-state index in [2.05, 4.69) is 20.8 Å². The molecular weight excluding hydrogens is 200 g/mol. The highest BCUT2D eigenvalue weighted by atomic mass is 32.2. The molecule has 1 heterocycles. The van der Waals surface area contributed by atoms with Crippen molar-refractivity contribution in [1.82, 2.24) is 4.31 Å². The second-order valence-electron chi connectivity index (χ2n) is 5.22. The van der Waals surface area contributed by atoms with E-state index in [0.717, 1.165) is 19.3 Å². The molecule has 0 aromatic rings. The molecule has 0 amide bonds. The van der Waals surface area contributed by atoms with E-state index in [0.29, 0.717) is 6.54 Å². The summed E-state index contributed by atoms with van der Waals surface area (Å²) >= 11 is 0. The molecule has 0 bridgehead atoms. The lowest BCUT2D eigenvalue weighted by Gasteiger charge is -2.28. The van der Waals surface area contributed by atoms with Gasteiger partial charge in [0, 0.05) is 12.6 Å². The zero-order chi connectivity index (χ0) is 11.0. The summed E-state index contributed by atoms with van der Waals surface area (Å²) in [5.74, 6) is 0. The fraction of sp³-hybridized carbons (Fsp3) is 1.00. The summed E-state index contributed by atoms with van der Waals surface area (Å²) in [6.45, 7) is 6.94. The highest BCUT2D eigenvalue weighted by molar-refractivity contribution is 7.86. The van der Waals surface area contributed by atoms with E-state index in [1.807, 2.05) is 0 Å². The van der Waals surface area contributed by atoms with Gasteiger partial charge in [0.05, 0.1) is 0 Å². The van der Waals surface area contributed by atoms with E-state index in [-0.39, 0.29) is 11.5 Å². The molecular formula is C9H20N2O2S. The third-order valence-corrected chi connectivity index (χ3v) is 3.63. The van der Waals surface area contributed by atoms with Crippen LogP contribution in [0.25, 0.3) is 0 Å². The molecule has 1 aliphatic heterocycles. The maximum absolute atomic E-state index is 11.2. The molecule has 1 atom stereocenters. The molecule has 4 nitrogen and oxygen atoms in total. The fourth-order valence-electron chi connectivity index (χ4n) is 2.06. The Morgan fingerprint density at radius 1 is 1.43 bits per heavy atom. The second kappa shape index (κ2) is 3.79. The van der Waals surface area contributed by atoms with Gasteiger partial charge in [0.25, 0.3) is 10.2 Å². The van der Waals surface area contributed by atoms with Gasteiger partial charge in [-0.3, -0.25) is 0 Å². The molecule has 1 fully saturated rings. The minimum atomic E-state index is -3.49. The van der Waals surface area contributed by atoms with Crippen LogP contribution in [0.1, 0.15) is 40.0 Å². The molecule has 1 saturated heterocycles. The van der Waals surface area contributed by atoms with Crippen LogP contribution in [-0.4, -0.2) is 25.3 Å². The Kier molecular flexibility index (Phi) is 3.23. The van der Waals surface area contributed by atoms with Crippen LogP contribution in [-0.2, 0) is 10.2 Å². The average molecular weight is 220 g/mol. The first-order valence-corrected chi connectivity index (χ1v) is 6.50. The van der Waals surface area contributed by atoms with Crippen molar-refractivity contribution >= 4 is 10.2 Å². The third-order valence-electron chi connectivity index (χ3n) is 2.50. The standard InChI is InChI=1S/C9H20N2O2S/c1-9(2,3)7-8-5-4-6-11(8)14(10,12)13/h8H,4-7H2,1-3H3,(H2,10,12,13). The molecule has 0 aromatic heterocycles. The van der Waals surface area contributed by atoms with E-state index in [1.165, 1.54) is 4.31 Å². The van der Waals surface area contributed by atoms with Crippen molar-refractivity contribution in [2.75, 3.05) is 6.54 Å². The molecule has 5 heteroatoms. The lowest BCUT2D eigenvalue weighted by molar-refractivity contribution is 0.267. The summed E-state index contributed by atoms with van der Waals surface area (Å²) in [6, 6.07) is 0.102. The van der Waals surface area contributed by atoms with Crippen molar-refractivity contribution in [2.24, 2.45) is 10.6 Å². The van der Waals surface area contributed by atoms with Gasteiger partial charge < -0.3 is 0 Å². The van der Waals surface area contributed by atoms with Gasteiger partial charge in [0.15, 0.2) is 0 Å². The Morgan fingerprint density at radius 3 is 2.43 bits per heavy atom. The summed E-state index contributed by atoms with van der Waals surface area (Å²) in [5.41, 5.74) is 0.151. The third kappa shape index (κ3) is 3.22. The zero-order valence-corrected chi connectivity index (χ0v) is 9.97. The molecule has 0 radical (unpaired) electrons. The van der Waals surface area contributed by atoms with Crippen molar-refractivity contribution < 1.29 is 8.42 Å². The van der Waals surface area contributed by atoms with Crippen molar-refractivity contribution in [3.05, 3.63) is 0 Å². The summed E-state index contributed by atoms with van der Waals surface area (Å²) in [4.78, 5) is 0. The van der Waals surface area contributed by atoms with Crippen LogP contribution in [0.15, 0.2) is 0 Å². The van der Waals surface area contributed by atoms with E-state index in [1.54, 1.807) is 0 Å². The van der Waals surface area contributed by atoms with Crippen LogP contribution in [0.2, 0.25) is 0 Å². The van der Waals surface area contributed by atoms with Gasteiger partial charge >= 0.3 is 0 Å². The number of hydrogen-bond donors (Lipinski definition) is 1. The van der Waals surface area contributed by atoms with E-state index >= 15 is 0 Å². The maximum atomic E-state index is 11.2. The van der Waals surface area contributed by atoms with E-state index in [4.69, 9.17) is 5.14 Å². The van der Waals surface area contributed by atoms with Gasteiger partial charge in [-0.15, -0.1) is 0 Å². The van der Waals surface area contributed by atoms with Gasteiger partial charge in [-0.05, 0) is 24.7 Å². The molecule has 1 unspecified atom stereocenters. The summed E-state index contributed by atoms with van der Waals surface area (Å²) in [5, 5.41) is 5.15. The van der Waals surface area contributed by atoms with E-state index in [9.17, 15) is 8.42 Å². The Bertz CT molecular complexity index is 292. The Hall–Kier alpha value is -0.130. The highest BCUT2D eigenvalue weighted by Crippen LogP contribution is 2.30. The number of rotatable bonds is 2. The summed E-state index contributed by atoms with van der Waals surface area (Å²) in [7, 11) is -3.49. The maximum Gasteiger partial charge on any atom is 0.277 e. The second-order valence-corrected chi connectivity index (χ2v) is 6.72. The van der Waals surface area contributed by atoms with Crippen molar-refractivity contribution in [1.29, 1.82) is 0 Å². The molecule has 1 rings (SSSR count). The predicted octanol–water partition coefficient (Wildman–Crippen LogP) is 1.09. The first-order valence-electron chi connectivity index (χ1n) is 5.00. The van der Waals surface area contributed by atoms with Gasteiger partial charge in [0.2, 0.25) is 0 Å². The minimum absolute atomic E-state index is 0.102. The van der Waals surface area contributed by atoms with Crippen molar-refractivity contribution in [3.8, 4) is 0 Å². The molecule has 1 aliphatic rings. The first-order chi connectivity index (χ1) is 6.20. The SMILES string of the molecule is CC(C)(C)CC1CCCN1S(N)(=O)=O. The van der Waals surface area contributed by atoms with Crippen LogP contribution < -0.4 is 5.14 Å². The molecule has 14 heavy (non-hydrogen) atoms. The topological polar surface area (TPSA) is 63.4 Å². The van der Waals surface area contributed by atoms with Crippen LogP contribution in [0.3, 0.4) is 0 Å².